The number of hydrogen-bond acceptors (Lipinski definition) is 2. The fraction of sp³-hybridized carbons (Fsp3) is 0.273. The molecule has 0 aliphatic carbocycles. The van der Waals surface area contributed by atoms with Crippen LogP contribution >= 0.6 is 12.2 Å². The lowest BCUT2D eigenvalue weighted by atomic mass is 10.1. The summed E-state index contributed by atoms with van der Waals surface area (Å²) in [7, 11) is 1.39. The van der Waals surface area contributed by atoms with Gasteiger partial charge in [-0.25, -0.2) is 8.78 Å². The van der Waals surface area contributed by atoms with Gasteiger partial charge in [-0.1, -0.05) is 18.3 Å². The summed E-state index contributed by atoms with van der Waals surface area (Å²) in [4.78, 5) is 13.0. The van der Waals surface area contributed by atoms with Crippen molar-refractivity contribution in [2.24, 2.45) is 5.73 Å². The number of amides is 1. The van der Waals surface area contributed by atoms with Crippen molar-refractivity contribution < 1.29 is 13.6 Å². The predicted molar refractivity (Wildman–Crippen MR) is 64.7 cm³/mol. The standard InChI is InChI=1S/C11H12F2N2OS/c1-6(10(14)17)15(2)11(16)9-7(12)4-3-5-8(9)13/h3-6H,1-2H3,(H2,14,17). The van der Waals surface area contributed by atoms with Crippen molar-refractivity contribution in [3.63, 3.8) is 0 Å². The topological polar surface area (TPSA) is 46.3 Å². The first-order valence-electron chi connectivity index (χ1n) is 4.86. The van der Waals surface area contributed by atoms with E-state index in [-0.39, 0.29) is 4.99 Å². The van der Waals surface area contributed by atoms with E-state index in [1.165, 1.54) is 13.1 Å². The molecule has 1 atom stereocenters. The Balaban J connectivity index is 3.09. The SMILES string of the molecule is CC(C(N)=S)N(C)C(=O)c1c(F)cccc1F. The van der Waals surface area contributed by atoms with Crippen LogP contribution in [0.25, 0.3) is 0 Å². The Labute approximate surface area is 103 Å². The van der Waals surface area contributed by atoms with Crippen LogP contribution < -0.4 is 5.73 Å². The van der Waals surface area contributed by atoms with E-state index in [9.17, 15) is 13.6 Å². The molecule has 0 fully saturated rings. The van der Waals surface area contributed by atoms with Gasteiger partial charge in [0.1, 0.15) is 17.2 Å². The van der Waals surface area contributed by atoms with Crippen molar-refractivity contribution in [3.8, 4) is 0 Å². The summed E-state index contributed by atoms with van der Waals surface area (Å²) in [5.74, 6) is -2.60. The van der Waals surface area contributed by atoms with Crippen LogP contribution in [0.1, 0.15) is 17.3 Å². The minimum absolute atomic E-state index is 0.0811. The van der Waals surface area contributed by atoms with Crippen molar-refractivity contribution in [2.75, 3.05) is 7.05 Å². The van der Waals surface area contributed by atoms with Gasteiger partial charge in [-0.3, -0.25) is 4.79 Å². The number of likely N-dealkylation sites (N-methyl/N-ethyl adjacent to an activating group) is 1. The molecule has 0 aromatic heterocycles. The van der Waals surface area contributed by atoms with Crippen molar-refractivity contribution in [1.29, 1.82) is 0 Å². The smallest absolute Gasteiger partial charge is 0.260 e. The zero-order valence-corrected chi connectivity index (χ0v) is 10.2. The maximum Gasteiger partial charge on any atom is 0.260 e. The van der Waals surface area contributed by atoms with E-state index in [0.717, 1.165) is 17.0 Å². The van der Waals surface area contributed by atoms with Crippen LogP contribution in [0.15, 0.2) is 18.2 Å². The Morgan fingerprint density at radius 1 is 1.41 bits per heavy atom. The number of carbonyl (C=O) groups is 1. The average Bonchev–Trinajstić information content (AvgIpc) is 2.26. The predicted octanol–water partition coefficient (Wildman–Crippen LogP) is 1.71. The second-order valence-corrected chi connectivity index (χ2v) is 4.06. The van der Waals surface area contributed by atoms with Gasteiger partial charge in [-0.15, -0.1) is 0 Å². The van der Waals surface area contributed by atoms with Crippen LogP contribution in [0, 0.1) is 11.6 Å². The number of nitrogens with two attached hydrogens (primary N) is 1. The number of halogens is 2. The zero-order chi connectivity index (χ0) is 13.2. The third kappa shape index (κ3) is 2.76. The summed E-state index contributed by atoms with van der Waals surface area (Å²) >= 11 is 4.73. The summed E-state index contributed by atoms with van der Waals surface area (Å²) in [5.41, 5.74) is 4.78. The fourth-order valence-electron chi connectivity index (χ4n) is 1.25. The van der Waals surface area contributed by atoms with Gasteiger partial charge >= 0.3 is 0 Å². The number of rotatable bonds is 3. The molecule has 6 heteroatoms. The second-order valence-electron chi connectivity index (χ2n) is 3.59. The van der Waals surface area contributed by atoms with Crippen molar-refractivity contribution in [1.82, 2.24) is 4.90 Å². The quantitative estimate of drug-likeness (QED) is 0.840. The van der Waals surface area contributed by atoms with Gasteiger partial charge in [-0.2, -0.15) is 0 Å². The molecule has 2 N–H and O–H groups in total. The van der Waals surface area contributed by atoms with Gasteiger partial charge in [0.25, 0.3) is 5.91 Å². The van der Waals surface area contributed by atoms with E-state index >= 15 is 0 Å². The summed E-state index contributed by atoms with van der Waals surface area (Å²) < 4.78 is 26.7. The lowest BCUT2D eigenvalue weighted by Gasteiger charge is -2.24. The van der Waals surface area contributed by atoms with E-state index in [4.69, 9.17) is 18.0 Å². The maximum absolute atomic E-state index is 13.4. The molecule has 3 nitrogen and oxygen atoms in total. The largest absolute Gasteiger partial charge is 0.392 e. The van der Waals surface area contributed by atoms with Crippen molar-refractivity contribution >= 4 is 23.1 Å². The van der Waals surface area contributed by atoms with Gasteiger partial charge in [0.05, 0.1) is 11.0 Å². The van der Waals surface area contributed by atoms with Crippen LogP contribution in [-0.2, 0) is 0 Å². The Bertz CT molecular complexity index is 445. The highest BCUT2D eigenvalue weighted by Gasteiger charge is 2.24. The summed E-state index contributed by atoms with van der Waals surface area (Å²) in [6.07, 6.45) is 0. The number of nitrogens with zero attached hydrogens (tertiary/aromatic N) is 1. The monoisotopic (exact) mass is 258 g/mol. The molecule has 92 valence electrons. The average molecular weight is 258 g/mol. The van der Waals surface area contributed by atoms with E-state index in [1.807, 2.05) is 0 Å². The highest BCUT2D eigenvalue weighted by Crippen LogP contribution is 2.15. The van der Waals surface area contributed by atoms with Gasteiger partial charge in [-0.05, 0) is 19.1 Å². The molecular formula is C11H12F2N2OS. The molecule has 17 heavy (non-hydrogen) atoms. The molecule has 0 aliphatic rings. The van der Waals surface area contributed by atoms with Crippen LogP contribution in [0.4, 0.5) is 8.78 Å². The number of hydrogen-bond donors (Lipinski definition) is 1. The maximum atomic E-state index is 13.4. The van der Waals surface area contributed by atoms with Crippen LogP contribution in [0.3, 0.4) is 0 Å². The van der Waals surface area contributed by atoms with Crippen molar-refractivity contribution in [3.05, 3.63) is 35.4 Å². The Hall–Kier alpha value is -1.56. The van der Waals surface area contributed by atoms with Crippen molar-refractivity contribution in [2.45, 2.75) is 13.0 Å². The first-order valence-corrected chi connectivity index (χ1v) is 5.27. The number of carbonyl (C=O) groups excluding carboxylic acids is 1. The normalized spacial score (nSPS) is 12.0. The van der Waals surface area contributed by atoms with E-state index in [1.54, 1.807) is 6.92 Å². The summed E-state index contributed by atoms with van der Waals surface area (Å²) in [6, 6.07) is 2.67. The highest BCUT2D eigenvalue weighted by molar-refractivity contribution is 7.80. The Morgan fingerprint density at radius 2 is 1.88 bits per heavy atom. The third-order valence-corrected chi connectivity index (χ3v) is 2.83. The summed E-state index contributed by atoms with van der Waals surface area (Å²) in [6.45, 7) is 1.58. The molecule has 1 amide bonds. The van der Waals surface area contributed by atoms with E-state index in [2.05, 4.69) is 0 Å². The molecule has 0 spiro atoms. The first kappa shape index (κ1) is 13.5. The molecule has 1 aromatic carbocycles. The third-order valence-electron chi connectivity index (χ3n) is 2.49. The molecule has 0 aliphatic heterocycles. The van der Waals surface area contributed by atoms with Gasteiger partial charge < -0.3 is 10.6 Å². The number of thiocarbonyl (C=S) groups is 1. The lowest BCUT2D eigenvalue weighted by Crippen LogP contribution is -2.43. The van der Waals surface area contributed by atoms with Gasteiger partial charge in [0, 0.05) is 7.05 Å². The van der Waals surface area contributed by atoms with Crippen LogP contribution in [0.5, 0.6) is 0 Å². The Kier molecular flexibility index (Phi) is 4.11. The molecule has 0 heterocycles. The van der Waals surface area contributed by atoms with Gasteiger partial charge in [0.2, 0.25) is 0 Å². The molecule has 0 saturated carbocycles. The lowest BCUT2D eigenvalue weighted by molar-refractivity contribution is 0.0769. The highest BCUT2D eigenvalue weighted by atomic mass is 32.1. The second kappa shape index (κ2) is 5.18. The van der Waals surface area contributed by atoms with Gasteiger partial charge in [0.15, 0.2) is 0 Å². The molecule has 0 bridgehead atoms. The van der Waals surface area contributed by atoms with E-state index < -0.39 is 29.1 Å². The minimum Gasteiger partial charge on any atom is -0.392 e. The van der Waals surface area contributed by atoms with E-state index in [0.29, 0.717) is 0 Å². The molecule has 1 aromatic rings. The fourth-order valence-corrected chi connectivity index (χ4v) is 1.40. The van der Waals surface area contributed by atoms with Crippen LogP contribution in [-0.4, -0.2) is 28.9 Å². The molecule has 1 unspecified atom stereocenters. The first-order chi connectivity index (χ1) is 7.86. The summed E-state index contributed by atoms with van der Waals surface area (Å²) in [5, 5.41) is 0. The molecule has 1 rings (SSSR count). The molecular weight excluding hydrogens is 246 g/mol. The molecule has 0 saturated heterocycles. The van der Waals surface area contributed by atoms with Crippen LogP contribution in [0.2, 0.25) is 0 Å². The Morgan fingerprint density at radius 3 is 2.29 bits per heavy atom. The zero-order valence-electron chi connectivity index (χ0n) is 9.41. The number of benzene rings is 1. The minimum atomic E-state index is -0.906. The molecule has 0 radical (unpaired) electrons.